The minimum absolute atomic E-state index is 0.0269. The smallest absolute Gasteiger partial charge is 0.278 e. The molecule has 4 rings (SSSR count). The molecule has 8 heteroatoms. The number of H-pyrrole nitrogens is 1. The molecule has 0 saturated carbocycles. The molecule has 0 aliphatic heterocycles. The minimum Gasteiger partial charge on any atom is -0.296 e. The first kappa shape index (κ1) is 15.7. The van der Waals surface area contributed by atoms with Gasteiger partial charge in [-0.2, -0.15) is 5.10 Å². The quantitative estimate of drug-likeness (QED) is 0.546. The van der Waals surface area contributed by atoms with Crippen molar-refractivity contribution in [1.82, 2.24) is 15.2 Å². The van der Waals surface area contributed by atoms with Crippen molar-refractivity contribution < 1.29 is 9.18 Å². The van der Waals surface area contributed by atoms with Crippen LogP contribution < -0.4 is 5.32 Å². The van der Waals surface area contributed by atoms with E-state index in [9.17, 15) is 9.18 Å². The van der Waals surface area contributed by atoms with Gasteiger partial charge in [0, 0.05) is 16.3 Å². The number of nitrogens with one attached hydrogen (secondary N) is 2. The molecule has 4 aromatic rings. The zero-order valence-corrected chi connectivity index (χ0v) is 14.2. The van der Waals surface area contributed by atoms with Crippen molar-refractivity contribution in [2.75, 3.05) is 5.32 Å². The van der Waals surface area contributed by atoms with Crippen molar-refractivity contribution in [2.24, 2.45) is 0 Å². The molecule has 0 saturated heterocycles. The van der Waals surface area contributed by atoms with E-state index in [1.807, 2.05) is 24.3 Å². The number of hydrogen-bond acceptors (Lipinski definition) is 4. The number of anilines is 1. The van der Waals surface area contributed by atoms with E-state index in [0.717, 1.165) is 10.9 Å². The van der Waals surface area contributed by atoms with Gasteiger partial charge in [-0.1, -0.05) is 29.8 Å². The van der Waals surface area contributed by atoms with E-state index in [2.05, 4.69) is 20.5 Å². The summed E-state index contributed by atoms with van der Waals surface area (Å²) in [4.78, 5) is 16.8. The van der Waals surface area contributed by atoms with Gasteiger partial charge < -0.3 is 0 Å². The number of carbonyl (C=O) groups is 1. The third-order valence-electron chi connectivity index (χ3n) is 3.63. The number of aromatic amines is 1. The fourth-order valence-electron chi connectivity index (χ4n) is 2.41. The second-order valence-corrected chi connectivity index (χ2v) is 6.50. The van der Waals surface area contributed by atoms with Crippen LogP contribution in [0.3, 0.4) is 0 Å². The Morgan fingerprint density at radius 3 is 2.92 bits per heavy atom. The Hall–Kier alpha value is -2.77. The molecule has 2 aromatic carbocycles. The Kier molecular flexibility index (Phi) is 3.95. The van der Waals surface area contributed by atoms with Gasteiger partial charge in [0.05, 0.1) is 16.2 Å². The number of aromatic nitrogens is 3. The highest BCUT2D eigenvalue weighted by Gasteiger charge is 2.16. The number of hydrogen-bond donors (Lipinski definition) is 2. The maximum atomic E-state index is 13.3. The number of amides is 1. The standard InChI is InChI=1S/C17H10ClFN4OS/c18-11-7-9(5-6-12(11)19)14-8-25-17(20-14)21-16(24)15-10-3-1-2-4-13(10)22-23-15/h1-8H,(H,22,23)(H,20,21,24). The maximum Gasteiger partial charge on any atom is 0.278 e. The first-order valence-corrected chi connectivity index (χ1v) is 8.53. The van der Waals surface area contributed by atoms with E-state index in [1.54, 1.807) is 11.4 Å². The number of benzene rings is 2. The van der Waals surface area contributed by atoms with Crippen LogP contribution in [0.25, 0.3) is 22.2 Å². The number of nitrogens with zero attached hydrogens (tertiary/aromatic N) is 2. The number of carbonyl (C=O) groups excluding carboxylic acids is 1. The highest BCUT2D eigenvalue weighted by molar-refractivity contribution is 7.14. The van der Waals surface area contributed by atoms with E-state index in [4.69, 9.17) is 11.6 Å². The summed E-state index contributed by atoms with van der Waals surface area (Å²) in [7, 11) is 0. The Morgan fingerprint density at radius 2 is 2.08 bits per heavy atom. The van der Waals surface area contributed by atoms with Crippen LogP contribution >= 0.6 is 22.9 Å². The minimum atomic E-state index is -0.486. The van der Waals surface area contributed by atoms with Crippen molar-refractivity contribution in [2.45, 2.75) is 0 Å². The Morgan fingerprint density at radius 1 is 1.24 bits per heavy atom. The van der Waals surface area contributed by atoms with Gasteiger partial charge in [0.25, 0.3) is 5.91 Å². The SMILES string of the molecule is O=C(Nc1nc(-c2ccc(F)c(Cl)c2)cs1)c1n[nH]c2ccccc12. The Labute approximate surface area is 150 Å². The summed E-state index contributed by atoms with van der Waals surface area (Å²) in [6, 6.07) is 11.7. The van der Waals surface area contributed by atoms with Crippen LogP contribution in [0.1, 0.15) is 10.5 Å². The summed E-state index contributed by atoms with van der Waals surface area (Å²) in [6.07, 6.45) is 0. The van der Waals surface area contributed by atoms with Crippen LogP contribution in [0.2, 0.25) is 5.02 Å². The molecule has 1 amide bonds. The van der Waals surface area contributed by atoms with E-state index in [-0.39, 0.29) is 10.9 Å². The number of thiazole rings is 1. The normalized spacial score (nSPS) is 11.0. The maximum absolute atomic E-state index is 13.3. The number of rotatable bonds is 3. The first-order chi connectivity index (χ1) is 12.1. The molecular formula is C17H10ClFN4OS. The molecule has 0 radical (unpaired) electrons. The summed E-state index contributed by atoms with van der Waals surface area (Å²) >= 11 is 7.06. The summed E-state index contributed by atoms with van der Waals surface area (Å²) < 4.78 is 13.3. The van der Waals surface area contributed by atoms with Gasteiger partial charge in [0.15, 0.2) is 10.8 Å². The lowest BCUT2D eigenvalue weighted by Crippen LogP contribution is -2.12. The fourth-order valence-corrected chi connectivity index (χ4v) is 3.31. The van der Waals surface area contributed by atoms with Crippen LogP contribution in [0.15, 0.2) is 47.8 Å². The van der Waals surface area contributed by atoms with E-state index in [1.165, 1.54) is 23.5 Å². The predicted octanol–water partition coefficient (Wildman–Crippen LogP) is 4.73. The summed E-state index contributed by atoms with van der Waals surface area (Å²) in [5.41, 5.74) is 2.37. The molecule has 124 valence electrons. The summed E-state index contributed by atoms with van der Waals surface area (Å²) in [6.45, 7) is 0. The molecule has 0 spiro atoms. The largest absolute Gasteiger partial charge is 0.296 e. The lowest BCUT2D eigenvalue weighted by Gasteiger charge is -2.00. The van der Waals surface area contributed by atoms with Gasteiger partial charge in [-0.15, -0.1) is 11.3 Å². The van der Waals surface area contributed by atoms with Crippen molar-refractivity contribution >= 4 is 44.9 Å². The summed E-state index contributed by atoms with van der Waals surface area (Å²) in [5, 5.41) is 12.6. The van der Waals surface area contributed by atoms with E-state index in [0.29, 0.717) is 22.1 Å². The highest BCUT2D eigenvalue weighted by Crippen LogP contribution is 2.28. The van der Waals surface area contributed by atoms with Gasteiger partial charge in [0.2, 0.25) is 0 Å². The fraction of sp³-hybridized carbons (Fsp3) is 0. The van der Waals surface area contributed by atoms with Crippen LogP contribution in [-0.2, 0) is 0 Å². The van der Waals surface area contributed by atoms with E-state index < -0.39 is 5.82 Å². The molecule has 2 N–H and O–H groups in total. The van der Waals surface area contributed by atoms with Crippen molar-refractivity contribution in [3.05, 3.63) is 64.4 Å². The number of para-hydroxylation sites is 1. The van der Waals surface area contributed by atoms with Crippen LogP contribution in [0.4, 0.5) is 9.52 Å². The monoisotopic (exact) mass is 372 g/mol. The third kappa shape index (κ3) is 2.99. The van der Waals surface area contributed by atoms with Gasteiger partial charge in [-0.25, -0.2) is 9.37 Å². The van der Waals surface area contributed by atoms with Crippen LogP contribution in [-0.4, -0.2) is 21.1 Å². The predicted molar refractivity (Wildman–Crippen MR) is 96.6 cm³/mol. The van der Waals surface area contributed by atoms with E-state index >= 15 is 0 Å². The lowest BCUT2D eigenvalue weighted by atomic mass is 10.2. The third-order valence-corrected chi connectivity index (χ3v) is 4.67. The molecule has 2 heterocycles. The molecule has 0 fully saturated rings. The average Bonchev–Trinajstić information content (AvgIpc) is 3.24. The van der Waals surface area contributed by atoms with Crippen molar-refractivity contribution in [1.29, 1.82) is 0 Å². The molecule has 25 heavy (non-hydrogen) atoms. The zero-order chi connectivity index (χ0) is 17.4. The van der Waals surface area contributed by atoms with Gasteiger partial charge >= 0.3 is 0 Å². The molecule has 0 bridgehead atoms. The van der Waals surface area contributed by atoms with Gasteiger partial charge in [-0.05, 0) is 24.3 Å². The van der Waals surface area contributed by atoms with Crippen LogP contribution in [0.5, 0.6) is 0 Å². The van der Waals surface area contributed by atoms with Gasteiger partial charge in [-0.3, -0.25) is 15.2 Å². The lowest BCUT2D eigenvalue weighted by molar-refractivity contribution is 0.102. The number of fused-ring (bicyclic) bond motifs is 1. The molecule has 2 aromatic heterocycles. The van der Waals surface area contributed by atoms with Crippen molar-refractivity contribution in [3.8, 4) is 11.3 Å². The second kappa shape index (κ2) is 6.27. The molecule has 0 aliphatic rings. The second-order valence-electron chi connectivity index (χ2n) is 5.24. The molecule has 0 atom stereocenters. The van der Waals surface area contributed by atoms with Crippen LogP contribution in [0, 0.1) is 5.82 Å². The molecular weight excluding hydrogens is 363 g/mol. The Bertz CT molecular complexity index is 1090. The molecule has 0 aliphatic carbocycles. The number of halogens is 2. The Balaban J connectivity index is 1.58. The zero-order valence-electron chi connectivity index (χ0n) is 12.6. The highest BCUT2D eigenvalue weighted by atomic mass is 35.5. The molecule has 5 nitrogen and oxygen atoms in total. The topological polar surface area (TPSA) is 70.7 Å². The first-order valence-electron chi connectivity index (χ1n) is 7.27. The van der Waals surface area contributed by atoms with Crippen molar-refractivity contribution in [3.63, 3.8) is 0 Å². The van der Waals surface area contributed by atoms with Gasteiger partial charge in [0.1, 0.15) is 5.82 Å². The molecule has 0 unspecified atom stereocenters. The summed E-state index contributed by atoms with van der Waals surface area (Å²) in [5.74, 6) is -0.838. The average molecular weight is 373 g/mol.